The van der Waals surface area contributed by atoms with E-state index in [9.17, 15) is 0 Å². The van der Waals surface area contributed by atoms with Crippen molar-refractivity contribution in [1.29, 1.82) is 0 Å². The summed E-state index contributed by atoms with van der Waals surface area (Å²) in [7, 11) is -0.581. The molecule has 0 saturated heterocycles. The third kappa shape index (κ3) is 4.65. The number of hydrogen-bond donors (Lipinski definition) is 0. The molecule has 3 aromatic carbocycles. The first kappa shape index (κ1) is 19.8. The van der Waals surface area contributed by atoms with Crippen LogP contribution in [0.1, 0.15) is 16.3 Å². The summed E-state index contributed by atoms with van der Waals surface area (Å²) in [6.07, 6.45) is 0.888. The average Bonchev–Trinajstić information content (AvgIpc) is 3.10. The first-order chi connectivity index (χ1) is 12.8. The van der Waals surface area contributed by atoms with Gasteiger partial charge in [0, 0.05) is 11.8 Å². The van der Waals surface area contributed by atoms with E-state index < -0.39 is 7.92 Å². The zero-order chi connectivity index (χ0) is 17.8. The van der Waals surface area contributed by atoms with Crippen LogP contribution in [-0.4, -0.2) is 4.98 Å². The maximum absolute atomic E-state index is 4.68. The van der Waals surface area contributed by atoms with Crippen LogP contribution in [0.15, 0.2) is 90.3 Å². The number of thiazole rings is 1. The smallest absolute Gasteiger partial charge is 0.0897 e. The number of hydrogen-bond acceptors (Lipinski definition) is 2. The maximum Gasteiger partial charge on any atom is 0.0897 e. The highest BCUT2D eigenvalue weighted by Gasteiger charge is 2.19. The molecule has 0 unspecified atom stereocenters. The summed E-state index contributed by atoms with van der Waals surface area (Å²) in [6, 6.07) is 30.6. The zero-order valence-corrected chi connectivity index (χ0v) is 17.6. The Morgan fingerprint density at radius 2 is 1.33 bits per heavy atom. The lowest BCUT2D eigenvalue weighted by atomic mass is 10.1. The minimum Gasteiger partial charge on any atom is -0.246 e. The van der Waals surface area contributed by atoms with E-state index in [1.165, 1.54) is 21.5 Å². The molecule has 0 N–H and O–H groups in total. The van der Waals surface area contributed by atoms with Crippen molar-refractivity contribution in [2.24, 2.45) is 0 Å². The van der Waals surface area contributed by atoms with Gasteiger partial charge in [-0.05, 0) is 36.3 Å². The Morgan fingerprint density at radius 3 is 1.89 bits per heavy atom. The summed E-state index contributed by atoms with van der Waals surface area (Å²) >= 11 is 1.72. The van der Waals surface area contributed by atoms with Gasteiger partial charge in [0.25, 0.3) is 0 Å². The summed E-state index contributed by atoms with van der Waals surface area (Å²) in [5, 5.41) is 7.50. The molecule has 1 aromatic heterocycles. The van der Waals surface area contributed by atoms with Gasteiger partial charge in [0.15, 0.2) is 0 Å². The van der Waals surface area contributed by atoms with Crippen molar-refractivity contribution < 1.29 is 0 Å². The molecule has 0 bridgehead atoms. The average molecular weight is 410 g/mol. The maximum atomic E-state index is 4.68. The monoisotopic (exact) mass is 409 g/mol. The van der Waals surface area contributed by atoms with E-state index in [4.69, 9.17) is 0 Å². The Hall–Kier alpha value is -1.99. The minimum absolute atomic E-state index is 0. The Kier molecular flexibility index (Phi) is 6.79. The van der Waals surface area contributed by atoms with E-state index in [1.54, 1.807) is 11.3 Å². The van der Waals surface area contributed by atoms with Crippen molar-refractivity contribution in [3.63, 3.8) is 0 Å². The molecule has 0 atom stereocenters. The lowest BCUT2D eigenvalue weighted by molar-refractivity contribution is 1.09. The van der Waals surface area contributed by atoms with E-state index in [0.717, 1.165) is 17.1 Å². The molecule has 0 amide bonds. The molecule has 0 aliphatic carbocycles. The van der Waals surface area contributed by atoms with Crippen LogP contribution in [0.25, 0.3) is 0 Å². The highest BCUT2D eigenvalue weighted by Crippen LogP contribution is 2.34. The predicted octanol–water partition coefficient (Wildman–Crippen LogP) is 5.22. The molecule has 0 radical (unpaired) electrons. The molecule has 4 heteroatoms. The number of aryl methyl sites for hydroxylation is 1. The van der Waals surface area contributed by atoms with Crippen molar-refractivity contribution in [2.75, 3.05) is 0 Å². The summed E-state index contributed by atoms with van der Waals surface area (Å²) in [5.41, 5.74) is 2.53. The highest BCUT2D eigenvalue weighted by molar-refractivity contribution is 7.79. The molecule has 1 nitrogen and oxygen atoms in total. The summed E-state index contributed by atoms with van der Waals surface area (Å²) in [4.78, 5) is 4.68. The van der Waals surface area contributed by atoms with Gasteiger partial charge in [-0.25, -0.2) is 4.98 Å². The largest absolute Gasteiger partial charge is 0.246 e. The first-order valence-electron chi connectivity index (χ1n) is 8.70. The predicted molar refractivity (Wildman–Crippen MR) is 122 cm³/mol. The molecule has 4 rings (SSSR count). The SMILES string of the molecule is Cc1nc(Cc2ccccc2P(c2ccccc2)c2ccccc2)cs1.Cl. The third-order valence-electron chi connectivity index (χ3n) is 4.30. The molecule has 0 saturated carbocycles. The number of rotatable bonds is 5. The van der Waals surface area contributed by atoms with Gasteiger partial charge in [-0.3, -0.25) is 0 Å². The van der Waals surface area contributed by atoms with Crippen molar-refractivity contribution in [2.45, 2.75) is 13.3 Å². The van der Waals surface area contributed by atoms with E-state index in [-0.39, 0.29) is 12.4 Å². The zero-order valence-electron chi connectivity index (χ0n) is 15.1. The third-order valence-corrected chi connectivity index (χ3v) is 7.67. The van der Waals surface area contributed by atoms with Crippen LogP contribution in [0.4, 0.5) is 0 Å². The van der Waals surface area contributed by atoms with Gasteiger partial charge in [-0.2, -0.15) is 0 Å². The van der Waals surface area contributed by atoms with Gasteiger partial charge >= 0.3 is 0 Å². The summed E-state index contributed by atoms with van der Waals surface area (Å²) in [5.74, 6) is 0. The number of halogens is 1. The fraction of sp³-hybridized carbons (Fsp3) is 0.0870. The Balaban J connectivity index is 0.00000210. The number of benzene rings is 3. The fourth-order valence-electron chi connectivity index (χ4n) is 3.14. The van der Waals surface area contributed by atoms with Crippen LogP contribution in [-0.2, 0) is 6.42 Å². The molecule has 0 spiro atoms. The molecule has 0 aliphatic rings. The first-order valence-corrected chi connectivity index (χ1v) is 10.9. The van der Waals surface area contributed by atoms with Crippen LogP contribution in [0.3, 0.4) is 0 Å². The molecule has 27 heavy (non-hydrogen) atoms. The van der Waals surface area contributed by atoms with Crippen molar-refractivity contribution in [1.82, 2.24) is 4.98 Å². The van der Waals surface area contributed by atoms with Crippen LogP contribution >= 0.6 is 31.7 Å². The van der Waals surface area contributed by atoms with Gasteiger partial charge < -0.3 is 0 Å². The normalized spacial score (nSPS) is 10.6. The second-order valence-corrected chi connectivity index (χ2v) is 9.42. The van der Waals surface area contributed by atoms with Crippen LogP contribution in [0, 0.1) is 6.92 Å². The number of nitrogens with zero attached hydrogens (tertiary/aromatic N) is 1. The van der Waals surface area contributed by atoms with Crippen LogP contribution in [0.5, 0.6) is 0 Å². The topological polar surface area (TPSA) is 12.9 Å². The molecule has 0 aliphatic heterocycles. The lowest BCUT2D eigenvalue weighted by Crippen LogP contribution is -2.23. The summed E-state index contributed by atoms with van der Waals surface area (Å²) in [6.45, 7) is 2.07. The van der Waals surface area contributed by atoms with E-state index >= 15 is 0 Å². The van der Waals surface area contributed by atoms with Gasteiger partial charge in [-0.15, -0.1) is 23.7 Å². The van der Waals surface area contributed by atoms with Gasteiger partial charge in [0.2, 0.25) is 0 Å². The molecule has 1 heterocycles. The van der Waals surface area contributed by atoms with Crippen LogP contribution in [0.2, 0.25) is 0 Å². The molecular formula is C23H21ClNPS. The van der Waals surface area contributed by atoms with E-state index in [2.05, 4.69) is 102 Å². The molecular weight excluding hydrogens is 389 g/mol. The Bertz CT molecular complexity index is 946. The minimum atomic E-state index is -0.581. The standard InChI is InChI=1S/C23H20NPS.ClH/c1-18-24-20(17-26-18)16-19-10-8-9-15-23(19)25(21-11-4-2-5-12-21)22-13-6-3-7-14-22;/h2-15,17H,16H2,1H3;1H. The van der Waals surface area contributed by atoms with E-state index in [0.29, 0.717) is 0 Å². The molecule has 136 valence electrons. The molecule has 0 fully saturated rings. The van der Waals surface area contributed by atoms with Crippen molar-refractivity contribution in [3.05, 3.63) is 107 Å². The van der Waals surface area contributed by atoms with Crippen molar-refractivity contribution in [3.8, 4) is 0 Å². The Labute approximate surface area is 172 Å². The lowest BCUT2D eigenvalue weighted by Gasteiger charge is -2.22. The highest BCUT2D eigenvalue weighted by atomic mass is 35.5. The fourth-order valence-corrected chi connectivity index (χ4v) is 6.23. The van der Waals surface area contributed by atoms with Crippen molar-refractivity contribution >= 4 is 47.6 Å². The molecule has 4 aromatic rings. The van der Waals surface area contributed by atoms with Gasteiger partial charge in [0.05, 0.1) is 10.7 Å². The van der Waals surface area contributed by atoms with Gasteiger partial charge in [-0.1, -0.05) is 84.9 Å². The second kappa shape index (κ2) is 9.28. The number of aromatic nitrogens is 1. The summed E-state index contributed by atoms with van der Waals surface area (Å²) < 4.78 is 0. The quantitative estimate of drug-likeness (QED) is 0.412. The second-order valence-electron chi connectivity index (χ2n) is 6.17. The Morgan fingerprint density at radius 1 is 0.778 bits per heavy atom. The van der Waals surface area contributed by atoms with Crippen LogP contribution < -0.4 is 15.9 Å². The van der Waals surface area contributed by atoms with E-state index in [1.807, 2.05) is 0 Å². The van der Waals surface area contributed by atoms with Gasteiger partial charge in [0.1, 0.15) is 0 Å².